The van der Waals surface area contributed by atoms with E-state index in [1.54, 1.807) is 5.57 Å². The van der Waals surface area contributed by atoms with Crippen LogP contribution in [0.5, 0.6) is 0 Å². The number of anilines is 1. The van der Waals surface area contributed by atoms with Crippen LogP contribution in [0, 0.1) is 17.3 Å². The Bertz CT molecular complexity index is 1710. The topological polar surface area (TPSA) is 103 Å². The number of nitrogens with zero attached hydrogens (tertiary/aromatic N) is 5. The molecule has 2 aliphatic heterocycles. The molecular weight excluding hydrogens is 667 g/mol. The second-order valence-electron chi connectivity index (χ2n) is 19.2. The Morgan fingerprint density at radius 3 is 2.63 bits per heavy atom. The van der Waals surface area contributed by atoms with Gasteiger partial charge in [-0.1, -0.05) is 52.1 Å². The van der Waals surface area contributed by atoms with Crippen LogP contribution < -0.4 is 11.1 Å². The van der Waals surface area contributed by atoms with E-state index >= 15 is 0 Å². The summed E-state index contributed by atoms with van der Waals surface area (Å²) in [6, 6.07) is 4.65. The molecule has 3 fully saturated rings. The number of hydrogen-bond donors (Lipinski definition) is 2. The molecule has 3 aliphatic carbocycles. The Morgan fingerprint density at radius 1 is 1.15 bits per heavy atom. The van der Waals surface area contributed by atoms with Crippen molar-refractivity contribution in [3.8, 4) is 0 Å². The van der Waals surface area contributed by atoms with Gasteiger partial charge in [0, 0.05) is 71.5 Å². The predicted molar refractivity (Wildman–Crippen MR) is 213 cm³/mol. The van der Waals surface area contributed by atoms with E-state index in [9.17, 15) is 0 Å². The van der Waals surface area contributed by atoms with E-state index in [0.717, 1.165) is 67.7 Å². The lowest BCUT2D eigenvalue weighted by molar-refractivity contribution is -0.126. The van der Waals surface area contributed by atoms with Crippen LogP contribution in [0.25, 0.3) is 16.7 Å². The molecular formula is C41H65N7O3Si. The fourth-order valence-corrected chi connectivity index (χ4v) is 9.77. The average Bonchev–Trinajstić information content (AvgIpc) is 3.77. The normalized spacial score (nSPS) is 29.1. The van der Waals surface area contributed by atoms with Gasteiger partial charge in [0.25, 0.3) is 0 Å². The third-order valence-corrected chi connectivity index (χ3v) is 13.8. The van der Waals surface area contributed by atoms with Crippen molar-refractivity contribution in [2.75, 3.05) is 32.2 Å². The van der Waals surface area contributed by atoms with Gasteiger partial charge >= 0.3 is 0 Å². The van der Waals surface area contributed by atoms with Crippen molar-refractivity contribution < 1.29 is 14.2 Å². The third kappa shape index (κ3) is 7.96. The molecule has 5 aliphatic rings. The highest BCUT2D eigenvalue weighted by Crippen LogP contribution is 2.45. The number of ether oxygens (including phenoxy) is 3. The first-order valence-electron chi connectivity index (χ1n) is 19.9. The molecule has 286 valence electrons. The zero-order chi connectivity index (χ0) is 37.2. The number of fused-ring (bicyclic) bond motifs is 3. The quantitative estimate of drug-likeness (QED) is 0.124. The van der Waals surface area contributed by atoms with Gasteiger partial charge < -0.3 is 24.5 Å². The van der Waals surface area contributed by atoms with Gasteiger partial charge in [-0.25, -0.2) is 9.97 Å². The summed E-state index contributed by atoms with van der Waals surface area (Å²) in [5, 5.41) is 4.97. The van der Waals surface area contributed by atoms with Gasteiger partial charge in [-0.2, -0.15) is 0 Å². The Balaban J connectivity index is 0.994. The minimum atomic E-state index is -1.12. The van der Waals surface area contributed by atoms with Gasteiger partial charge in [-0.3, -0.25) is 15.1 Å². The van der Waals surface area contributed by atoms with Gasteiger partial charge in [0.2, 0.25) is 5.79 Å². The summed E-state index contributed by atoms with van der Waals surface area (Å²) in [7, 11) is -1.12. The molecule has 2 aromatic rings. The van der Waals surface area contributed by atoms with Gasteiger partial charge in [-0.05, 0) is 81.4 Å². The van der Waals surface area contributed by atoms with E-state index in [0.29, 0.717) is 36.0 Å². The molecule has 2 saturated heterocycles. The lowest BCUT2D eigenvalue weighted by atomic mass is 9.72. The fourth-order valence-electron chi connectivity index (χ4n) is 9.02. The van der Waals surface area contributed by atoms with Crippen molar-refractivity contribution in [2.24, 2.45) is 17.3 Å². The summed E-state index contributed by atoms with van der Waals surface area (Å²) in [5.74, 6) is 2.14. The number of aromatic nitrogens is 3. The van der Waals surface area contributed by atoms with E-state index in [-0.39, 0.29) is 11.5 Å². The van der Waals surface area contributed by atoms with Crippen molar-refractivity contribution in [3.05, 3.63) is 47.6 Å². The molecule has 1 saturated carbocycles. The first kappa shape index (κ1) is 37.8. The van der Waals surface area contributed by atoms with Crippen molar-refractivity contribution in [3.63, 3.8) is 0 Å². The number of nitrogen functional groups attached to an aromatic ring is 1. The zero-order valence-corrected chi connectivity index (χ0v) is 34.5. The Labute approximate surface area is 313 Å². The monoisotopic (exact) mass is 731 g/mol. The summed E-state index contributed by atoms with van der Waals surface area (Å²) >= 11 is 0. The van der Waals surface area contributed by atoms with Crippen molar-refractivity contribution in [1.82, 2.24) is 29.7 Å². The van der Waals surface area contributed by atoms with Crippen LogP contribution in [0.1, 0.15) is 80.6 Å². The third-order valence-electron chi connectivity index (χ3n) is 12.1. The molecule has 0 spiro atoms. The molecule has 7 rings (SSSR count). The van der Waals surface area contributed by atoms with Crippen molar-refractivity contribution in [2.45, 2.75) is 142 Å². The standard InChI is InChI=1S/C41H65N7O3Si/c1-26(2)46(23-29-20-34(37-36(29)50-41(6,7)51-37)47-14-13-31-38(42)43-24-44-39(31)47)22-28-17-27(18-28)19-35-45-32-21-30(40(3,4)5)11-12-33(32)48(35)25-49-15-16-52(8,9)10/h11,13-14,20,24,26-28,32-33,35,37,45H,12,15-19,21-23,25H2,1-10H3,(H2,42,43,44)/t27?,28?,32?,33?,35?,37-/m0/s1. The summed E-state index contributed by atoms with van der Waals surface area (Å²) in [4.78, 5) is 14.1. The second-order valence-corrected chi connectivity index (χ2v) is 24.9. The molecule has 4 heterocycles. The van der Waals surface area contributed by atoms with Crippen LogP contribution in [-0.4, -0.2) is 95.0 Å². The molecule has 0 aromatic carbocycles. The minimum Gasteiger partial charge on any atom is -0.464 e. The highest BCUT2D eigenvalue weighted by molar-refractivity contribution is 6.76. The van der Waals surface area contributed by atoms with Crippen LogP contribution in [0.15, 0.2) is 47.6 Å². The van der Waals surface area contributed by atoms with E-state index < -0.39 is 13.9 Å². The molecule has 3 N–H and O–H groups in total. The van der Waals surface area contributed by atoms with Crippen LogP contribution in [-0.2, 0) is 14.2 Å². The smallest absolute Gasteiger partial charge is 0.205 e. The molecule has 0 amide bonds. The highest BCUT2D eigenvalue weighted by Gasteiger charge is 2.47. The SMILES string of the molecule is CC(C)N(CC1=C2OC(C)(C)O[C@H]2C(n2ccc3c(N)ncnc32)=C1)CC1CC(CC2NC3CC(C(C)(C)C)=CCC3N2COCC[Si](C)(C)C)C1. The van der Waals surface area contributed by atoms with Crippen LogP contribution in [0.4, 0.5) is 5.82 Å². The number of nitrogens with one attached hydrogen (secondary N) is 1. The minimum absolute atomic E-state index is 0.230. The molecule has 3 unspecified atom stereocenters. The highest BCUT2D eigenvalue weighted by atomic mass is 28.3. The molecule has 0 radical (unpaired) electrons. The first-order chi connectivity index (χ1) is 24.5. The zero-order valence-electron chi connectivity index (χ0n) is 33.5. The van der Waals surface area contributed by atoms with Gasteiger partial charge in [-0.15, -0.1) is 0 Å². The van der Waals surface area contributed by atoms with Crippen LogP contribution in [0.3, 0.4) is 0 Å². The van der Waals surface area contributed by atoms with Gasteiger partial charge in [0.05, 0.1) is 17.2 Å². The first-order valence-corrected chi connectivity index (χ1v) is 23.6. The van der Waals surface area contributed by atoms with E-state index in [1.807, 2.05) is 26.1 Å². The second kappa shape index (κ2) is 14.3. The van der Waals surface area contributed by atoms with Gasteiger partial charge in [0.15, 0.2) is 6.10 Å². The van der Waals surface area contributed by atoms with E-state index in [1.165, 1.54) is 37.2 Å². The largest absolute Gasteiger partial charge is 0.464 e. The van der Waals surface area contributed by atoms with E-state index in [2.05, 4.69) is 96.1 Å². The molecule has 4 atom stereocenters. The van der Waals surface area contributed by atoms with Crippen LogP contribution in [0.2, 0.25) is 25.7 Å². The summed E-state index contributed by atoms with van der Waals surface area (Å²) < 4.78 is 21.5. The predicted octanol–water partition coefficient (Wildman–Crippen LogP) is 7.45. The fraction of sp³-hybridized carbons (Fsp3) is 0.707. The van der Waals surface area contributed by atoms with Gasteiger partial charge in [0.1, 0.15) is 30.3 Å². The number of rotatable bonds is 13. The van der Waals surface area contributed by atoms with Crippen molar-refractivity contribution >= 4 is 30.6 Å². The maximum absolute atomic E-state index is 6.48. The van der Waals surface area contributed by atoms with E-state index in [4.69, 9.17) is 19.9 Å². The molecule has 52 heavy (non-hydrogen) atoms. The molecule has 2 aromatic heterocycles. The average molecular weight is 732 g/mol. The lowest BCUT2D eigenvalue weighted by Gasteiger charge is -2.42. The molecule has 11 heteroatoms. The number of hydrogen-bond acceptors (Lipinski definition) is 9. The lowest BCUT2D eigenvalue weighted by Crippen LogP contribution is -2.45. The molecule has 0 bridgehead atoms. The summed E-state index contributed by atoms with van der Waals surface area (Å²) in [6.07, 6.45) is 14.5. The Morgan fingerprint density at radius 2 is 1.92 bits per heavy atom. The summed E-state index contributed by atoms with van der Waals surface area (Å²) in [5.41, 5.74) is 11.0. The Kier molecular flexibility index (Phi) is 10.4. The maximum Gasteiger partial charge on any atom is 0.205 e. The Hall–Kier alpha value is -2.54. The van der Waals surface area contributed by atoms with Crippen molar-refractivity contribution in [1.29, 1.82) is 0 Å². The molecule has 10 nitrogen and oxygen atoms in total. The number of nitrogens with two attached hydrogens (primary N) is 1. The van der Waals surface area contributed by atoms with Crippen LogP contribution >= 0.6 is 0 Å². The maximum atomic E-state index is 6.48. The summed E-state index contributed by atoms with van der Waals surface area (Å²) in [6.45, 7) is 26.5.